The molecule has 2 aliphatic heterocycles. The summed E-state index contributed by atoms with van der Waals surface area (Å²) in [6, 6.07) is 8.05. The smallest absolute Gasteiger partial charge is 0.229 e. The molecular weight excluding hydrogens is 228 g/mol. The zero-order chi connectivity index (χ0) is 12.6. The minimum absolute atomic E-state index is 0.0335. The van der Waals surface area contributed by atoms with E-state index in [0.717, 1.165) is 25.1 Å². The third-order valence-electron chi connectivity index (χ3n) is 3.80. The molecule has 0 aliphatic carbocycles. The molecule has 2 N–H and O–H groups in total. The summed E-state index contributed by atoms with van der Waals surface area (Å²) >= 11 is 0. The van der Waals surface area contributed by atoms with Crippen LogP contribution < -0.4 is 10.2 Å². The van der Waals surface area contributed by atoms with Crippen LogP contribution in [0.4, 0.5) is 5.69 Å². The van der Waals surface area contributed by atoms with E-state index in [2.05, 4.69) is 11.4 Å². The second-order valence-corrected chi connectivity index (χ2v) is 5.28. The summed E-state index contributed by atoms with van der Waals surface area (Å²) in [7, 11) is 0. The largest absolute Gasteiger partial charge is 0.387 e. The number of hydrogen-bond acceptors (Lipinski definition) is 3. The molecule has 0 atom stereocenters. The van der Waals surface area contributed by atoms with Crippen LogP contribution in [-0.2, 0) is 11.2 Å². The van der Waals surface area contributed by atoms with Crippen molar-refractivity contribution in [2.45, 2.75) is 24.9 Å². The first-order chi connectivity index (χ1) is 8.68. The molecule has 1 fully saturated rings. The zero-order valence-corrected chi connectivity index (χ0v) is 10.4. The fraction of sp³-hybridized carbons (Fsp3) is 0.500. The summed E-state index contributed by atoms with van der Waals surface area (Å²) in [4.78, 5) is 14.1. The first-order valence-corrected chi connectivity index (χ1v) is 6.49. The van der Waals surface area contributed by atoms with Crippen molar-refractivity contribution in [1.82, 2.24) is 5.32 Å². The summed E-state index contributed by atoms with van der Waals surface area (Å²) in [6.45, 7) is 1.81. The second-order valence-electron chi connectivity index (χ2n) is 5.28. The Morgan fingerprint density at radius 1 is 1.39 bits per heavy atom. The topological polar surface area (TPSA) is 52.6 Å². The van der Waals surface area contributed by atoms with E-state index in [0.29, 0.717) is 13.1 Å². The summed E-state index contributed by atoms with van der Waals surface area (Å²) in [5.41, 5.74) is 1.42. The van der Waals surface area contributed by atoms with Crippen LogP contribution in [0, 0.1) is 0 Å². The molecule has 2 heterocycles. The maximum Gasteiger partial charge on any atom is 0.229 e. The molecule has 1 aromatic rings. The Kier molecular flexibility index (Phi) is 2.84. The van der Waals surface area contributed by atoms with Gasteiger partial charge in [-0.3, -0.25) is 4.79 Å². The Labute approximate surface area is 107 Å². The van der Waals surface area contributed by atoms with Crippen LogP contribution in [0.5, 0.6) is 0 Å². The number of benzene rings is 1. The van der Waals surface area contributed by atoms with Crippen LogP contribution in [-0.4, -0.2) is 36.2 Å². The maximum atomic E-state index is 12.3. The number of anilines is 1. The number of amides is 1. The lowest BCUT2D eigenvalue weighted by Gasteiger charge is -2.39. The van der Waals surface area contributed by atoms with Gasteiger partial charge in [-0.15, -0.1) is 0 Å². The number of nitrogens with zero attached hydrogens (tertiary/aromatic N) is 1. The molecule has 1 aromatic carbocycles. The summed E-state index contributed by atoms with van der Waals surface area (Å²) in [6.07, 6.45) is 2.25. The molecule has 4 nitrogen and oxygen atoms in total. The monoisotopic (exact) mass is 246 g/mol. The highest BCUT2D eigenvalue weighted by molar-refractivity contribution is 5.95. The first kappa shape index (κ1) is 11.7. The van der Waals surface area contributed by atoms with Crippen LogP contribution in [0.1, 0.15) is 18.4 Å². The average Bonchev–Trinajstić information content (AvgIpc) is 2.36. The number of aryl methyl sites for hydroxylation is 1. The highest BCUT2D eigenvalue weighted by Gasteiger charge is 2.38. The van der Waals surface area contributed by atoms with Crippen molar-refractivity contribution < 1.29 is 9.90 Å². The number of aliphatic hydroxyl groups is 1. The van der Waals surface area contributed by atoms with E-state index in [-0.39, 0.29) is 12.3 Å². The average molecular weight is 246 g/mol. The molecule has 0 unspecified atom stereocenters. The predicted octanol–water partition coefficient (Wildman–Crippen LogP) is 0.690. The minimum Gasteiger partial charge on any atom is -0.387 e. The van der Waals surface area contributed by atoms with E-state index in [9.17, 15) is 9.90 Å². The summed E-state index contributed by atoms with van der Waals surface area (Å²) in [5, 5.41) is 13.1. The highest BCUT2D eigenvalue weighted by Crippen LogP contribution is 2.28. The van der Waals surface area contributed by atoms with Crippen molar-refractivity contribution in [3.63, 3.8) is 0 Å². The second kappa shape index (κ2) is 4.37. The van der Waals surface area contributed by atoms with Gasteiger partial charge in [0, 0.05) is 25.3 Å². The number of nitrogens with one attached hydrogen (secondary N) is 1. The maximum absolute atomic E-state index is 12.3. The van der Waals surface area contributed by atoms with E-state index in [1.54, 1.807) is 0 Å². The van der Waals surface area contributed by atoms with Crippen LogP contribution in [0.15, 0.2) is 24.3 Å². The van der Waals surface area contributed by atoms with E-state index >= 15 is 0 Å². The summed E-state index contributed by atoms with van der Waals surface area (Å²) < 4.78 is 0. The van der Waals surface area contributed by atoms with Crippen molar-refractivity contribution in [2.24, 2.45) is 0 Å². The lowest BCUT2D eigenvalue weighted by Crippen LogP contribution is -2.61. The van der Waals surface area contributed by atoms with Crippen molar-refractivity contribution in [3.8, 4) is 0 Å². The van der Waals surface area contributed by atoms with Gasteiger partial charge in [-0.25, -0.2) is 0 Å². The predicted molar refractivity (Wildman–Crippen MR) is 69.6 cm³/mol. The van der Waals surface area contributed by atoms with Gasteiger partial charge in [0.15, 0.2) is 0 Å². The SMILES string of the molecule is O=C(CC1(O)CNC1)N1CCCc2ccccc21. The molecule has 18 heavy (non-hydrogen) atoms. The lowest BCUT2D eigenvalue weighted by molar-refractivity contribution is -0.125. The Morgan fingerprint density at radius 2 is 2.17 bits per heavy atom. The van der Waals surface area contributed by atoms with E-state index < -0.39 is 5.60 Å². The lowest BCUT2D eigenvalue weighted by atomic mass is 9.91. The van der Waals surface area contributed by atoms with Crippen molar-refractivity contribution >= 4 is 11.6 Å². The van der Waals surface area contributed by atoms with Gasteiger partial charge in [0.25, 0.3) is 0 Å². The van der Waals surface area contributed by atoms with Crippen molar-refractivity contribution in [1.29, 1.82) is 0 Å². The number of carbonyl (C=O) groups is 1. The number of hydrogen-bond donors (Lipinski definition) is 2. The normalized spacial score (nSPS) is 21.1. The van der Waals surface area contributed by atoms with Crippen molar-refractivity contribution in [2.75, 3.05) is 24.5 Å². The Morgan fingerprint density at radius 3 is 2.89 bits per heavy atom. The third kappa shape index (κ3) is 2.02. The Bertz CT molecular complexity index is 469. The van der Waals surface area contributed by atoms with Crippen molar-refractivity contribution in [3.05, 3.63) is 29.8 Å². The van der Waals surface area contributed by atoms with Crippen LogP contribution in [0.2, 0.25) is 0 Å². The van der Waals surface area contributed by atoms with Gasteiger partial charge in [-0.1, -0.05) is 18.2 Å². The molecule has 1 saturated heterocycles. The molecular formula is C14H18N2O2. The van der Waals surface area contributed by atoms with E-state index in [1.165, 1.54) is 5.56 Å². The van der Waals surface area contributed by atoms with E-state index in [4.69, 9.17) is 0 Å². The van der Waals surface area contributed by atoms with Crippen LogP contribution in [0.25, 0.3) is 0 Å². The molecule has 0 bridgehead atoms. The molecule has 96 valence electrons. The Hall–Kier alpha value is -1.39. The van der Waals surface area contributed by atoms with Gasteiger partial charge < -0.3 is 15.3 Å². The van der Waals surface area contributed by atoms with Gasteiger partial charge in [-0.2, -0.15) is 0 Å². The van der Waals surface area contributed by atoms with E-state index in [1.807, 2.05) is 23.1 Å². The number of fused-ring (bicyclic) bond motifs is 1. The molecule has 0 saturated carbocycles. The number of rotatable bonds is 2. The van der Waals surface area contributed by atoms with Gasteiger partial charge in [0.2, 0.25) is 5.91 Å². The van der Waals surface area contributed by atoms with Crippen LogP contribution >= 0.6 is 0 Å². The first-order valence-electron chi connectivity index (χ1n) is 6.49. The molecule has 2 aliphatic rings. The van der Waals surface area contributed by atoms with Gasteiger partial charge in [0.05, 0.1) is 12.0 Å². The molecule has 0 radical (unpaired) electrons. The van der Waals surface area contributed by atoms with Crippen LogP contribution in [0.3, 0.4) is 0 Å². The molecule has 0 spiro atoms. The molecule has 0 aromatic heterocycles. The molecule has 1 amide bonds. The fourth-order valence-electron chi connectivity index (χ4n) is 2.71. The summed E-state index contributed by atoms with van der Waals surface area (Å²) in [5.74, 6) is 0.0335. The number of β-amino-alcohol motifs (C(OH)–C–C–N with tert-alkyl or cyclic N) is 1. The quantitative estimate of drug-likeness (QED) is 0.807. The number of carbonyl (C=O) groups excluding carboxylic acids is 1. The Balaban J connectivity index is 1.79. The minimum atomic E-state index is -0.830. The third-order valence-corrected chi connectivity index (χ3v) is 3.80. The van der Waals surface area contributed by atoms with Gasteiger partial charge in [0.1, 0.15) is 0 Å². The molecule has 4 heteroatoms. The fourth-order valence-corrected chi connectivity index (χ4v) is 2.71. The molecule has 3 rings (SSSR count). The highest BCUT2D eigenvalue weighted by atomic mass is 16.3. The number of para-hydroxylation sites is 1. The standard InChI is InChI=1S/C14H18N2O2/c17-13(8-14(18)9-15-10-14)16-7-3-5-11-4-1-2-6-12(11)16/h1-2,4,6,15,18H,3,5,7-10H2. The van der Waals surface area contributed by atoms with Gasteiger partial charge in [-0.05, 0) is 24.5 Å². The zero-order valence-electron chi connectivity index (χ0n) is 10.4. The van der Waals surface area contributed by atoms with Gasteiger partial charge >= 0.3 is 0 Å².